The smallest absolute Gasteiger partial charge is 0.0223 e. The molecule has 1 heterocycles. The van der Waals surface area contributed by atoms with Crippen molar-refractivity contribution < 1.29 is 0 Å². The molecule has 0 bridgehead atoms. The van der Waals surface area contributed by atoms with E-state index < -0.39 is 0 Å². The van der Waals surface area contributed by atoms with Crippen LogP contribution in [0.4, 0.5) is 0 Å². The molecule has 0 saturated carbocycles. The van der Waals surface area contributed by atoms with Crippen LogP contribution in [0.1, 0.15) is 46.0 Å². The van der Waals surface area contributed by atoms with E-state index in [1.807, 2.05) is 0 Å². The van der Waals surface area contributed by atoms with Gasteiger partial charge in [-0.15, -0.1) is 0 Å². The fourth-order valence-electron chi connectivity index (χ4n) is 2.80. The summed E-state index contributed by atoms with van der Waals surface area (Å²) in [5, 5.41) is 0. The molecule has 0 aromatic heterocycles. The molecule has 0 amide bonds. The Morgan fingerprint density at radius 1 is 1.18 bits per heavy atom. The average molecular weight is 241 g/mol. The van der Waals surface area contributed by atoms with E-state index in [-0.39, 0.29) is 0 Å². The third-order valence-corrected chi connectivity index (χ3v) is 4.01. The van der Waals surface area contributed by atoms with Gasteiger partial charge in [0, 0.05) is 12.6 Å². The summed E-state index contributed by atoms with van der Waals surface area (Å²) in [6.45, 7) is 11.6. The molecule has 1 aliphatic heterocycles. The molecule has 0 aromatic carbocycles. The van der Waals surface area contributed by atoms with Crippen LogP contribution in [-0.2, 0) is 0 Å². The molecule has 3 nitrogen and oxygen atoms in total. The lowest BCUT2D eigenvalue weighted by molar-refractivity contribution is 0.107. The molecule has 1 fully saturated rings. The van der Waals surface area contributed by atoms with Gasteiger partial charge in [0.1, 0.15) is 0 Å². The molecule has 1 aliphatic rings. The van der Waals surface area contributed by atoms with Crippen molar-refractivity contribution in [2.45, 2.75) is 52.0 Å². The molecule has 102 valence electrons. The van der Waals surface area contributed by atoms with Crippen LogP contribution in [0, 0.1) is 0 Å². The van der Waals surface area contributed by atoms with Crippen LogP contribution in [0.3, 0.4) is 0 Å². The monoisotopic (exact) mass is 241 g/mol. The normalized spacial score (nSPS) is 22.2. The van der Waals surface area contributed by atoms with Crippen LogP contribution in [-0.4, -0.2) is 55.1 Å². The Labute approximate surface area is 107 Å². The van der Waals surface area contributed by atoms with Gasteiger partial charge in [0.15, 0.2) is 0 Å². The zero-order chi connectivity index (χ0) is 12.5. The van der Waals surface area contributed by atoms with Crippen molar-refractivity contribution in [2.24, 2.45) is 5.73 Å². The van der Waals surface area contributed by atoms with Crippen molar-refractivity contribution in [3.05, 3.63) is 0 Å². The Kier molecular flexibility index (Phi) is 7.82. The van der Waals surface area contributed by atoms with Gasteiger partial charge in [-0.2, -0.15) is 0 Å². The lowest BCUT2D eigenvalue weighted by Crippen LogP contribution is -2.47. The summed E-state index contributed by atoms with van der Waals surface area (Å²) >= 11 is 0. The molecule has 1 rings (SSSR count). The van der Waals surface area contributed by atoms with E-state index in [1.165, 1.54) is 64.8 Å². The van der Waals surface area contributed by atoms with Crippen LogP contribution in [0.5, 0.6) is 0 Å². The van der Waals surface area contributed by atoms with Crippen LogP contribution in [0.15, 0.2) is 0 Å². The summed E-state index contributed by atoms with van der Waals surface area (Å²) in [6.07, 6.45) is 6.63. The van der Waals surface area contributed by atoms with Crippen molar-refractivity contribution in [1.82, 2.24) is 9.80 Å². The Morgan fingerprint density at radius 2 is 1.94 bits per heavy atom. The Morgan fingerprint density at radius 3 is 2.59 bits per heavy atom. The Bertz CT molecular complexity index is 180. The largest absolute Gasteiger partial charge is 0.330 e. The van der Waals surface area contributed by atoms with Crippen LogP contribution < -0.4 is 5.73 Å². The van der Waals surface area contributed by atoms with Crippen molar-refractivity contribution in [1.29, 1.82) is 0 Å². The topological polar surface area (TPSA) is 32.5 Å². The third kappa shape index (κ3) is 5.36. The van der Waals surface area contributed by atoms with Gasteiger partial charge in [-0.3, -0.25) is 4.90 Å². The summed E-state index contributed by atoms with van der Waals surface area (Å²) in [5.74, 6) is 0. The molecular weight excluding hydrogens is 210 g/mol. The van der Waals surface area contributed by atoms with Gasteiger partial charge in [0.2, 0.25) is 0 Å². The predicted octanol–water partition coefficient (Wildman–Crippen LogP) is 1.92. The number of rotatable bonds is 8. The Hall–Kier alpha value is -0.120. The van der Waals surface area contributed by atoms with E-state index in [1.54, 1.807) is 0 Å². The van der Waals surface area contributed by atoms with E-state index in [0.717, 1.165) is 12.6 Å². The first-order valence-corrected chi connectivity index (χ1v) is 7.48. The summed E-state index contributed by atoms with van der Waals surface area (Å²) in [6, 6.07) is 0.793. The third-order valence-electron chi connectivity index (χ3n) is 4.01. The van der Waals surface area contributed by atoms with Gasteiger partial charge in [0.25, 0.3) is 0 Å². The molecule has 1 atom stereocenters. The lowest BCUT2D eigenvalue weighted by Gasteiger charge is -2.38. The molecule has 2 N–H and O–H groups in total. The van der Waals surface area contributed by atoms with E-state index in [0.29, 0.717) is 0 Å². The zero-order valence-corrected chi connectivity index (χ0v) is 11.8. The number of unbranched alkanes of at least 4 members (excludes halogenated alkanes) is 1. The fraction of sp³-hybridized carbons (Fsp3) is 1.00. The molecule has 1 saturated heterocycles. The van der Waals surface area contributed by atoms with Gasteiger partial charge in [-0.05, 0) is 58.4 Å². The van der Waals surface area contributed by atoms with Gasteiger partial charge in [-0.1, -0.05) is 20.3 Å². The second-order valence-electron chi connectivity index (χ2n) is 5.17. The molecule has 17 heavy (non-hydrogen) atoms. The summed E-state index contributed by atoms with van der Waals surface area (Å²) in [7, 11) is 0. The fourth-order valence-corrected chi connectivity index (χ4v) is 2.80. The van der Waals surface area contributed by atoms with E-state index >= 15 is 0 Å². The first kappa shape index (κ1) is 14.9. The maximum Gasteiger partial charge on any atom is 0.0223 e. The highest BCUT2D eigenvalue weighted by molar-refractivity contribution is 4.79. The molecule has 0 radical (unpaired) electrons. The summed E-state index contributed by atoms with van der Waals surface area (Å²) in [4.78, 5) is 5.27. The minimum Gasteiger partial charge on any atom is -0.330 e. The van der Waals surface area contributed by atoms with Crippen molar-refractivity contribution >= 4 is 0 Å². The molecule has 0 aromatic rings. The van der Waals surface area contributed by atoms with Crippen molar-refractivity contribution in [3.63, 3.8) is 0 Å². The van der Waals surface area contributed by atoms with Crippen LogP contribution in [0.2, 0.25) is 0 Å². The molecule has 3 heteroatoms. The number of hydrogen-bond donors (Lipinski definition) is 1. The molecule has 1 unspecified atom stereocenters. The number of nitrogens with zero attached hydrogens (tertiary/aromatic N) is 2. The highest BCUT2D eigenvalue weighted by atomic mass is 15.2. The number of likely N-dealkylation sites (N-methyl/N-ethyl adjacent to an activating group) is 1. The quantitative estimate of drug-likeness (QED) is 0.659. The highest BCUT2D eigenvalue weighted by Crippen LogP contribution is 2.18. The number of hydrogen-bond acceptors (Lipinski definition) is 3. The van der Waals surface area contributed by atoms with Gasteiger partial charge >= 0.3 is 0 Å². The van der Waals surface area contributed by atoms with E-state index in [9.17, 15) is 0 Å². The van der Waals surface area contributed by atoms with Gasteiger partial charge in [0.05, 0.1) is 0 Å². The standard InChI is InChI=1S/C14H31N3/c1-3-16(4-2)13-14-9-5-7-11-17(14)12-8-6-10-15/h14H,3-13,15H2,1-2H3. The van der Waals surface area contributed by atoms with Crippen LogP contribution in [0.25, 0.3) is 0 Å². The van der Waals surface area contributed by atoms with Gasteiger partial charge < -0.3 is 10.6 Å². The first-order valence-electron chi connectivity index (χ1n) is 7.48. The number of nitrogens with two attached hydrogens (primary N) is 1. The maximum absolute atomic E-state index is 5.58. The second-order valence-corrected chi connectivity index (χ2v) is 5.17. The molecule has 0 aliphatic carbocycles. The lowest BCUT2D eigenvalue weighted by atomic mass is 10.0. The zero-order valence-electron chi connectivity index (χ0n) is 11.8. The second kappa shape index (κ2) is 8.90. The van der Waals surface area contributed by atoms with Gasteiger partial charge in [-0.25, -0.2) is 0 Å². The minimum absolute atomic E-state index is 0.793. The summed E-state index contributed by atoms with van der Waals surface area (Å²) < 4.78 is 0. The number of piperidine rings is 1. The van der Waals surface area contributed by atoms with Crippen molar-refractivity contribution in [2.75, 3.05) is 39.3 Å². The van der Waals surface area contributed by atoms with Crippen LogP contribution >= 0.6 is 0 Å². The van der Waals surface area contributed by atoms with E-state index in [4.69, 9.17) is 5.73 Å². The van der Waals surface area contributed by atoms with Crippen molar-refractivity contribution in [3.8, 4) is 0 Å². The minimum atomic E-state index is 0.793. The molecule has 0 spiro atoms. The predicted molar refractivity (Wildman–Crippen MR) is 75.3 cm³/mol. The summed E-state index contributed by atoms with van der Waals surface area (Å²) in [5.41, 5.74) is 5.58. The Balaban J connectivity index is 2.36. The molecular formula is C14H31N3. The first-order chi connectivity index (χ1) is 8.31. The average Bonchev–Trinajstić information content (AvgIpc) is 2.38. The van der Waals surface area contributed by atoms with E-state index in [2.05, 4.69) is 23.6 Å². The highest BCUT2D eigenvalue weighted by Gasteiger charge is 2.22. The SMILES string of the molecule is CCN(CC)CC1CCCCN1CCCCN. The maximum atomic E-state index is 5.58. The number of likely N-dealkylation sites (tertiary alicyclic amines) is 1.